The summed E-state index contributed by atoms with van der Waals surface area (Å²) >= 11 is 0. The van der Waals surface area contributed by atoms with Gasteiger partial charge in [-0.05, 0) is 17.7 Å². The Balaban J connectivity index is 2.64. The molecule has 0 unspecified atom stereocenters. The third kappa shape index (κ3) is 2.93. The van der Waals surface area contributed by atoms with Crippen molar-refractivity contribution < 1.29 is 14.7 Å². The summed E-state index contributed by atoms with van der Waals surface area (Å²) in [4.78, 5) is 21.1. The van der Waals surface area contributed by atoms with Crippen LogP contribution in [-0.4, -0.2) is 24.7 Å². The minimum absolute atomic E-state index is 0.104. The number of nitrogens with one attached hydrogen (secondary N) is 1. The van der Waals surface area contributed by atoms with E-state index in [1.807, 2.05) is 0 Å². The fourth-order valence-corrected chi connectivity index (χ4v) is 0.992. The minimum Gasteiger partial charge on any atom is -0.478 e. The zero-order chi connectivity index (χ0) is 10.6. The highest BCUT2D eigenvalue weighted by Gasteiger charge is 2.01. The van der Waals surface area contributed by atoms with Gasteiger partial charge in [0.15, 0.2) is 5.81 Å². The van der Waals surface area contributed by atoms with E-state index >= 15 is 0 Å². The molecule has 0 aromatic heterocycles. The van der Waals surface area contributed by atoms with E-state index in [0.717, 1.165) is 5.56 Å². The van der Waals surface area contributed by atoms with E-state index in [4.69, 9.17) is 5.11 Å². The molecule has 0 fully saturated rings. The lowest BCUT2D eigenvalue weighted by Crippen LogP contribution is -2.20. The van der Waals surface area contributed by atoms with Gasteiger partial charge in [-0.25, -0.2) is 4.79 Å². The zero-order valence-corrected chi connectivity index (χ0v) is 7.78. The molecule has 0 aliphatic rings. The summed E-state index contributed by atoms with van der Waals surface area (Å²) in [5.74, 6) is -1.05. The lowest BCUT2D eigenvalue weighted by Gasteiger charge is -2.02. The molecule has 2 N–H and O–H groups in total. The zero-order valence-electron chi connectivity index (χ0n) is 7.78. The molecule has 0 bridgehead atoms. The Morgan fingerprint density at radius 2 is 1.86 bits per heavy atom. The first-order valence-electron chi connectivity index (χ1n) is 4.16. The Labute approximate surface area is 82.3 Å². The Bertz CT molecular complexity index is 348. The van der Waals surface area contributed by atoms with Gasteiger partial charge in [-0.2, -0.15) is 0 Å². The van der Waals surface area contributed by atoms with Crippen LogP contribution in [0.4, 0.5) is 4.79 Å². The molecule has 4 nitrogen and oxygen atoms in total. The van der Waals surface area contributed by atoms with Gasteiger partial charge < -0.3 is 10.4 Å². The maximum Gasteiger partial charge on any atom is 0.335 e. The monoisotopic (exact) mass is 191 g/mol. The van der Waals surface area contributed by atoms with Crippen LogP contribution in [0.25, 0.3) is 0 Å². The van der Waals surface area contributed by atoms with Crippen LogP contribution >= 0.6 is 0 Å². The number of benzene rings is 1. The molecule has 0 saturated carbocycles. The van der Waals surface area contributed by atoms with E-state index in [0.29, 0.717) is 6.54 Å². The molecule has 0 saturated heterocycles. The van der Waals surface area contributed by atoms with Crippen LogP contribution in [0, 0.1) is 0 Å². The highest BCUT2D eigenvalue weighted by molar-refractivity contribution is 6.57. The second-order valence-corrected chi connectivity index (χ2v) is 2.91. The van der Waals surface area contributed by atoms with Crippen molar-refractivity contribution in [3.8, 4) is 0 Å². The predicted octanol–water partition coefficient (Wildman–Crippen LogP) is 0.227. The van der Waals surface area contributed by atoms with Gasteiger partial charge in [-0.1, -0.05) is 12.1 Å². The smallest absolute Gasteiger partial charge is 0.335 e. The third-order valence-corrected chi connectivity index (χ3v) is 1.74. The summed E-state index contributed by atoms with van der Waals surface area (Å²) in [5.41, 5.74) is 1.13. The number of hydrogen-bond donors (Lipinski definition) is 2. The Morgan fingerprint density at radius 3 is 2.29 bits per heavy atom. The lowest BCUT2D eigenvalue weighted by molar-refractivity contribution is 0.0697. The molecule has 14 heavy (non-hydrogen) atoms. The molecule has 0 spiro atoms. The molecule has 0 radical (unpaired) electrons. The fourth-order valence-electron chi connectivity index (χ4n) is 0.992. The fraction of sp³-hybridized carbons (Fsp3) is 0.111. The average Bonchev–Trinajstić information content (AvgIpc) is 2.15. The summed E-state index contributed by atoms with van der Waals surface area (Å²) in [7, 11) is 1.44. The van der Waals surface area contributed by atoms with Gasteiger partial charge >= 0.3 is 5.97 Å². The molecule has 1 amide bonds. The summed E-state index contributed by atoms with van der Waals surface area (Å²) < 4.78 is 0. The minimum atomic E-state index is -0.948. The van der Waals surface area contributed by atoms with Crippen LogP contribution in [0.3, 0.4) is 0 Å². The van der Waals surface area contributed by atoms with Crippen LogP contribution in [0.1, 0.15) is 15.9 Å². The Hall–Kier alpha value is -1.78. The topological polar surface area (TPSA) is 66.4 Å². The van der Waals surface area contributed by atoms with Gasteiger partial charge in [0, 0.05) is 6.54 Å². The molecule has 1 aromatic rings. The van der Waals surface area contributed by atoms with Gasteiger partial charge in [0.25, 0.3) is 0 Å². The summed E-state index contributed by atoms with van der Waals surface area (Å²) in [5, 5.41) is 11.2. The largest absolute Gasteiger partial charge is 0.478 e. The standard InChI is InChI=1S/C9H10BNO3/c10-9(14)11-5-6-1-3-7(4-2-6)8(12)13/h1-4H,5,10H2,(H,11,14)(H,12,13). The van der Waals surface area contributed by atoms with Crippen molar-refractivity contribution in [2.75, 3.05) is 0 Å². The molecule has 0 heterocycles. The van der Waals surface area contributed by atoms with Crippen molar-refractivity contribution in [2.45, 2.75) is 6.54 Å². The van der Waals surface area contributed by atoms with E-state index in [2.05, 4.69) is 5.32 Å². The molecule has 72 valence electrons. The molecule has 1 rings (SSSR count). The van der Waals surface area contributed by atoms with Gasteiger partial charge in [-0.3, -0.25) is 4.79 Å². The summed E-state index contributed by atoms with van der Waals surface area (Å²) in [6.07, 6.45) is 0. The van der Waals surface area contributed by atoms with Crippen molar-refractivity contribution >= 4 is 19.6 Å². The molecule has 0 atom stereocenters. The predicted molar refractivity (Wildman–Crippen MR) is 54.2 cm³/mol. The van der Waals surface area contributed by atoms with Gasteiger partial charge in [-0.15, -0.1) is 0 Å². The molecule has 1 aromatic carbocycles. The molecular formula is C9H10BNO3. The second-order valence-electron chi connectivity index (χ2n) is 2.91. The van der Waals surface area contributed by atoms with Gasteiger partial charge in [0.2, 0.25) is 7.85 Å². The summed E-state index contributed by atoms with van der Waals surface area (Å²) in [6, 6.07) is 6.39. The number of carboxylic acids is 1. The number of aromatic carboxylic acids is 1. The third-order valence-electron chi connectivity index (χ3n) is 1.74. The van der Waals surface area contributed by atoms with Gasteiger partial charge in [0.05, 0.1) is 5.56 Å². The van der Waals surface area contributed by atoms with Gasteiger partial charge in [0.1, 0.15) is 0 Å². The lowest BCUT2D eigenvalue weighted by atomic mass is 10.1. The molecular weight excluding hydrogens is 181 g/mol. The van der Waals surface area contributed by atoms with Crippen LogP contribution in [0.15, 0.2) is 24.3 Å². The van der Waals surface area contributed by atoms with E-state index in [1.165, 1.54) is 20.0 Å². The first kappa shape index (κ1) is 10.3. The van der Waals surface area contributed by atoms with Crippen LogP contribution in [0.2, 0.25) is 0 Å². The summed E-state index contributed by atoms with van der Waals surface area (Å²) in [6.45, 7) is 0.426. The van der Waals surface area contributed by atoms with E-state index in [-0.39, 0.29) is 11.4 Å². The molecule has 0 aliphatic heterocycles. The SMILES string of the molecule is BC(=O)NCc1ccc(C(=O)O)cc1. The van der Waals surface area contributed by atoms with Crippen LogP contribution in [-0.2, 0) is 6.54 Å². The van der Waals surface area contributed by atoms with Crippen molar-refractivity contribution in [2.24, 2.45) is 0 Å². The highest BCUT2D eigenvalue weighted by Crippen LogP contribution is 2.03. The number of amides is 1. The van der Waals surface area contributed by atoms with E-state index < -0.39 is 5.97 Å². The van der Waals surface area contributed by atoms with Crippen molar-refractivity contribution in [3.63, 3.8) is 0 Å². The second kappa shape index (κ2) is 4.46. The first-order chi connectivity index (χ1) is 6.59. The number of hydrogen-bond acceptors (Lipinski definition) is 2. The van der Waals surface area contributed by atoms with E-state index in [9.17, 15) is 9.59 Å². The van der Waals surface area contributed by atoms with Crippen LogP contribution < -0.4 is 5.32 Å². The first-order valence-corrected chi connectivity index (χ1v) is 4.16. The number of carbonyl (C=O) groups is 2. The van der Waals surface area contributed by atoms with Crippen molar-refractivity contribution in [3.05, 3.63) is 35.4 Å². The Kier molecular flexibility index (Phi) is 3.28. The quantitative estimate of drug-likeness (QED) is 0.672. The number of rotatable bonds is 3. The molecule has 5 heteroatoms. The van der Waals surface area contributed by atoms with Crippen LogP contribution in [0.5, 0.6) is 0 Å². The maximum atomic E-state index is 10.6. The van der Waals surface area contributed by atoms with Crippen molar-refractivity contribution in [1.29, 1.82) is 0 Å². The number of carbonyl (C=O) groups excluding carboxylic acids is 1. The van der Waals surface area contributed by atoms with Crippen molar-refractivity contribution in [1.82, 2.24) is 5.32 Å². The maximum absolute atomic E-state index is 10.6. The Morgan fingerprint density at radius 1 is 1.29 bits per heavy atom. The number of carboxylic acid groups (broad SMARTS) is 1. The molecule has 0 aliphatic carbocycles. The van der Waals surface area contributed by atoms with E-state index in [1.54, 1.807) is 12.1 Å². The average molecular weight is 191 g/mol. The highest BCUT2D eigenvalue weighted by atomic mass is 16.4. The normalized spacial score (nSPS) is 9.43.